The van der Waals surface area contributed by atoms with Crippen LogP contribution in [0.15, 0.2) is 24.3 Å². The van der Waals surface area contributed by atoms with E-state index in [4.69, 9.17) is 15.7 Å². The minimum Gasteiger partial charge on any atom is -0.385 e. The maximum absolute atomic E-state index is 11.8. The SMILES string of the molecule is COCCC(N)C(=O)NC(C)c1ccc(C#N)cc1. The lowest BCUT2D eigenvalue weighted by molar-refractivity contribution is -0.123. The molecule has 2 unspecified atom stereocenters. The first-order valence-electron chi connectivity index (χ1n) is 6.13. The maximum Gasteiger partial charge on any atom is 0.237 e. The molecule has 0 heterocycles. The van der Waals surface area contributed by atoms with Crippen molar-refractivity contribution in [2.45, 2.75) is 25.4 Å². The molecule has 0 bridgehead atoms. The number of carbonyl (C=O) groups excluding carboxylic acids is 1. The van der Waals surface area contributed by atoms with Crippen LogP contribution >= 0.6 is 0 Å². The van der Waals surface area contributed by atoms with Crippen molar-refractivity contribution in [3.63, 3.8) is 0 Å². The summed E-state index contributed by atoms with van der Waals surface area (Å²) in [6.45, 7) is 2.34. The third kappa shape index (κ3) is 4.70. The summed E-state index contributed by atoms with van der Waals surface area (Å²) in [6.07, 6.45) is 0.489. The van der Waals surface area contributed by atoms with Crippen LogP contribution in [0.2, 0.25) is 0 Å². The molecule has 102 valence electrons. The monoisotopic (exact) mass is 261 g/mol. The molecular formula is C14H19N3O2. The highest BCUT2D eigenvalue weighted by Gasteiger charge is 2.16. The Hall–Kier alpha value is -1.90. The van der Waals surface area contributed by atoms with Gasteiger partial charge in [-0.2, -0.15) is 5.26 Å². The molecule has 0 fully saturated rings. The molecular weight excluding hydrogens is 242 g/mol. The number of rotatable bonds is 6. The standard InChI is InChI=1S/C14H19N3O2/c1-10(12-5-3-11(9-15)4-6-12)17-14(18)13(16)7-8-19-2/h3-6,10,13H,7-8,16H2,1-2H3,(H,17,18). The van der Waals surface area contributed by atoms with E-state index in [1.165, 1.54) is 0 Å². The zero-order valence-electron chi connectivity index (χ0n) is 11.2. The number of nitrogens with two attached hydrogens (primary N) is 1. The number of ether oxygens (including phenoxy) is 1. The molecule has 0 aromatic heterocycles. The molecule has 0 spiro atoms. The molecule has 0 saturated carbocycles. The third-order valence-corrected chi connectivity index (χ3v) is 2.87. The van der Waals surface area contributed by atoms with Crippen LogP contribution in [-0.2, 0) is 9.53 Å². The van der Waals surface area contributed by atoms with Gasteiger partial charge in [0.05, 0.1) is 23.7 Å². The fourth-order valence-corrected chi connectivity index (χ4v) is 1.63. The minimum atomic E-state index is -0.569. The van der Waals surface area contributed by atoms with Crippen molar-refractivity contribution in [2.24, 2.45) is 5.73 Å². The summed E-state index contributed by atoms with van der Waals surface area (Å²) in [5.74, 6) is -0.200. The second-order valence-corrected chi connectivity index (χ2v) is 4.35. The molecule has 1 amide bonds. The largest absolute Gasteiger partial charge is 0.385 e. The fourth-order valence-electron chi connectivity index (χ4n) is 1.63. The quantitative estimate of drug-likeness (QED) is 0.802. The molecule has 2 atom stereocenters. The van der Waals surface area contributed by atoms with Crippen LogP contribution in [0.25, 0.3) is 0 Å². The van der Waals surface area contributed by atoms with E-state index in [1.54, 1.807) is 19.2 Å². The van der Waals surface area contributed by atoms with Crippen molar-refractivity contribution in [1.82, 2.24) is 5.32 Å². The van der Waals surface area contributed by atoms with Gasteiger partial charge in [0.2, 0.25) is 5.91 Å². The Morgan fingerprint density at radius 2 is 2.11 bits per heavy atom. The zero-order chi connectivity index (χ0) is 14.3. The summed E-state index contributed by atoms with van der Waals surface area (Å²) in [7, 11) is 1.57. The average Bonchev–Trinajstić information content (AvgIpc) is 2.44. The van der Waals surface area contributed by atoms with Gasteiger partial charge in [-0.25, -0.2) is 0 Å². The lowest BCUT2D eigenvalue weighted by Gasteiger charge is -2.17. The molecule has 3 N–H and O–H groups in total. The summed E-state index contributed by atoms with van der Waals surface area (Å²) in [5.41, 5.74) is 7.27. The van der Waals surface area contributed by atoms with Gasteiger partial charge in [-0.1, -0.05) is 12.1 Å². The topological polar surface area (TPSA) is 88.1 Å². The lowest BCUT2D eigenvalue weighted by Crippen LogP contribution is -2.42. The molecule has 1 aromatic carbocycles. The Bertz CT molecular complexity index is 451. The number of carbonyl (C=O) groups is 1. The van der Waals surface area contributed by atoms with Gasteiger partial charge in [0, 0.05) is 13.7 Å². The van der Waals surface area contributed by atoms with E-state index < -0.39 is 6.04 Å². The second kappa shape index (κ2) is 7.52. The molecule has 0 saturated heterocycles. The van der Waals surface area contributed by atoms with Crippen molar-refractivity contribution in [1.29, 1.82) is 5.26 Å². The van der Waals surface area contributed by atoms with Crippen LogP contribution < -0.4 is 11.1 Å². The average molecular weight is 261 g/mol. The van der Waals surface area contributed by atoms with Gasteiger partial charge in [-0.15, -0.1) is 0 Å². The highest BCUT2D eigenvalue weighted by atomic mass is 16.5. The third-order valence-electron chi connectivity index (χ3n) is 2.87. The number of nitriles is 1. The molecule has 1 rings (SSSR count). The molecule has 5 heteroatoms. The molecule has 0 aliphatic carbocycles. The van der Waals surface area contributed by atoms with Crippen LogP contribution in [0.3, 0.4) is 0 Å². The van der Waals surface area contributed by atoms with Gasteiger partial charge >= 0.3 is 0 Å². The molecule has 0 aliphatic heterocycles. The number of benzene rings is 1. The molecule has 0 radical (unpaired) electrons. The molecule has 19 heavy (non-hydrogen) atoms. The highest BCUT2D eigenvalue weighted by molar-refractivity contribution is 5.81. The zero-order valence-corrected chi connectivity index (χ0v) is 11.2. The van der Waals surface area contributed by atoms with Gasteiger partial charge in [-0.05, 0) is 31.0 Å². The van der Waals surface area contributed by atoms with Crippen molar-refractivity contribution < 1.29 is 9.53 Å². The molecule has 5 nitrogen and oxygen atoms in total. The summed E-state index contributed by atoms with van der Waals surface area (Å²) in [6, 6.07) is 8.44. The summed E-state index contributed by atoms with van der Waals surface area (Å²) in [5, 5.41) is 11.6. The normalized spacial score (nSPS) is 13.4. The van der Waals surface area contributed by atoms with Crippen molar-refractivity contribution >= 4 is 5.91 Å². The van der Waals surface area contributed by atoms with E-state index in [9.17, 15) is 4.79 Å². The van der Waals surface area contributed by atoms with E-state index >= 15 is 0 Å². The van der Waals surface area contributed by atoms with Gasteiger partial charge < -0.3 is 15.8 Å². The summed E-state index contributed by atoms with van der Waals surface area (Å²) in [4.78, 5) is 11.8. The van der Waals surface area contributed by atoms with Gasteiger partial charge in [0.25, 0.3) is 0 Å². The smallest absolute Gasteiger partial charge is 0.237 e. The summed E-state index contributed by atoms with van der Waals surface area (Å²) < 4.78 is 4.89. The molecule has 1 aromatic rings. The van der Waals surface area contributed by atoms with E-state index in [2.05, 4.69) is 11.4 Å². The van der Waals surface area contributed by atoms with Crippen LogP contribution in [-0.4, -0.2) is 25.7 Å². The van der Waals surface area contributed by atoms with Crippen molar-refractivity contribution in [2.75, 3.05) is 13.7 Å². The number of nitrogens with one attached hydrogen (secondary N) is 1. The van der Waals surface area contributed by atoms with Crippen molar-refractivity contribution in [3.05, 3.63) is 35.4 Å². The van der Waals surface area contributed by atoms with E-state index in [-0.39, 0.29) is 11.9 Å². The Balaban J connectivity index is 2.56. The lowest BCUT2D eigenvalue weighted by atomic mass is 10.1. The number of hydrogen-bond acceptors (Lipinski definition) is 4. The fraction of sp³-hybridized carbons (Fsp3) is 0.429. The van der Waals surface area contributed by atoms with Crippen LogP contribution in [0.4, 0.5) is 0 Å². The number of nitrogens with zero attached hydrogens (tertiary/aromatic N) is 1. The first kappa shape index (κ1) is 15.2. The number of methoxy groups -OCH3 is 1. The van der Waals surface area contributed by atoms with Crippen LogP contribution in [0.5, 0.6) is 0 Å². The van der Waals surface area contributed by atoms with Gasteiger partial charge in [-0.3, -0.25) is 4.79 Å². The molecule has 0 aliphatic rings. The van der Waals surface area contributed by atoms with Crippen LogP contribution in [0, 0.1) is 11.3 Å². The first-order valence-corrected chi connectivity index (χ1v) is 6.13. The number of amides is 1. The van der Waals surface area contributed by atoms with Gasteiger partial charge in [0.1, 0.15) is 0 Å². The van der Waals surface area contributed by atoms with E-state index in [0.29, 0.717) is 18.6 Å². The highest BCUT2D eigenvalue weighted by Crippen LogP contribution is 2.13. The Morgan fingerprint density at radius 3 is 2.63 bits per heavy atom. The Kier molecular flexibility index (Phi) is 6.00. The number of hydrogen-bond donors (Lipinski definition) is 2. The summed E-state index contributed by atoms with van der Waals surface area (Å²) >= 11 is 0. The predicted molar refractivity (Wildman–Crippen MR) is 72.2 cm³/mol. The van der Waals surface area contributed by atoms with E-state index in [1.807, 2.05) is 19.1 Å². The van der Waals surface area contributed by atoms with Gasteiger partial charge in [0.15, 0.2) is 0 Å². The van der Waals surface area contributed by atoms with Crippen molar-refractivity contribution in [3.8, 4) is 6.07 Å². The Morgan fingerprint density at radius 1 is 1.47 bits per heavy atom. The first-order chi connectivity index (χ1) is 9.08. The predicted octanol–water partition coefficient (Wildman–Crippen LogP) is 1.10. The van der Waals surface area contributed by atoms with Crippen LogP contribution in [0.1, 0.15) is 30.5 Å². The minimum absolute atomic E-state index is 0.145. The second-order valence-electron chi connectivity index (χ2n) is 4.35. The Labute approximate surface area is 113 Å². The van der Waals surface area contributed by atoms with E-state index in [0.717, 1.165) is 5.56 Å². The maximum atomic E-state index is 11.8.